The Morgan fingerprint density at radius 1 is 1.08 bits per heavy atom. The molecule has 3 aromatic rings. The number of nitrogens with zero attached hydrogens (tertiary/aromatic N) is 4. The molecule has 26 heavy (non-hydrogen) atoms. The van der Waals surface area contributed by atoms with E-state index in [1.54, 1.807) is 24.3 Å². The molecule has 10 heteroatoms. The van der Waals surface area contributed by atoms with Gasteiger partial charge < -0.3 is 0 Å². The molecule has 0 radical (unpaired) electrons. The van der Waals surface area contributed by atoms with E-state index in [2.05, 4.69) is 31.1 Å². The summed E-state index contributed by atoms with van der Waals surface area (Å²) in [6.45, 7) is -1.24. The molecule has 0 saturated heterocycles. The second-order valence-electron chi connectivity index (χ2n) is 5.27. The fourth-order valence-electron chi connectivity index (χ4n) is 2.23. The first-order valence-corrected chi connectivity index (χ1v) is 9.08. The van der Waals surface area contributed by atoms with Gasteiger partial charge in [0.05, 0.1) is 0 Å². The average molecular weight is 447 g/mol. The Kier molecular flexibility index (Phi) is 5.61. The third-order valence-corrected chi connectivity index (χ3v) is 4.87. The van der Waals surface area contributed by atoms with Crippen LogP contribution in [0.1, 0.15) is 5.56 Å². The lowest BCUT2D eigenvalue weighted by Crippen LogP contribution is -2.19. The van der Waals surface area contributed by atoms with E-state index in [9.17, 15) is 17.6 Å². The predicted molar refractivity (Wildman–Crippen MR) is 93.0 cm³/mol. The van der Waals surface area contributed by atoms with E-state index in [1.807, 2.05) is 0 Å². The minimum absolute atomic E-state index is 0.0634. The Hall–Kier alpha value is -1.94. The highest BCUT2D eigenvalue weighted by molar-refractivity contribution is 9.10. The SMILES string of the molecule is Fc1ccc(Br)cc1CSc1nnc(-c2ccncc2)n1CC(F)(F)F. The van der Waals surface area contributed by atoms with Crippen molar-refractivity contribution < 1.29 is 17.6 Å². The van der Waals surface area contributed by atoms with E-state index in [0.29, 0.717) is 15.6 Å². The molecule has 2 aromatic heterocycles. The molecule has 0 atom stereocenters. The molecule has 2 heterocycles. The lowest BCUT2D eigenvalue weighted by atomic mass is 10.2. The highest BCUT2D eigenvalue weighted by Crippen LogP contribution is 2.30. The topological polar surface area (TPSA) is 43.6 Å². The van der Waals surface area contributed by atoms with Crippen molar-refractivity contribution in [3.8, 4) is 11.4 Å². The van der Waals surface area contributed by atoms with E-state index in [1.165, 1.54) is 18.5 Å². The maximum atomic E-state index is 13.9. The van der Waals surface area contributed by atoms with Crippen LogP contribution in [0.5, 0.6) is 0 Å². The van der Waals surface area contributed by atoms with Gasteiger partial charge in [-0.15, -0.1) is 10.2 Å². The average Bonchev–Trinajstić information content (AvgIpc) is 2.97. The predicted octanol–water partition coefficient (Wildman–Crippen LogP) is 5.10. The minimum Gasteiger partial charge on any atom is -0.293 e. The molecule has 0 unspecified atom stereocenters. The van der Waals surface area contributed by atoms with Crippen LogP contribution in [-0.2, 0) is 12.3 Å². The molecule has 0 fully saturated rings. The first kappa shape index (κ1) is 18.8. The van der Waals surface area contributed by atoms with Crippen LogP contribution >= 0.6 is 27.7 Å². The van der Waals surface area contributed by atoms with Crippen LogP contribution in [0.2, 0.25) is 0 Å². The van der Waals surface area contributed by atoms with Gasteiger partial charge in [0.1, 0.15) is 12.4 Å². The molecule has 3 rings (SSSR count). The van der Waals surface area contributed by atoms with Crippen LogP contribution in [-0.4, -0.2) is 25.9 Å². The summed E-state index contributed by atoms with van der Waals surface area (Å²) >= 11 is 4.24. The molecule has 1 aromatic carbocycles. The van der Waals surface area contributed by atoms with Crippen molar-refractivity contribution in [3.63, 3.8) is 0 Å². The normalized spacial score (nSPS) is 11.7. The lowest BCUT2D eigenvalue weighted by molar-refractivity contribution is -0.141. The van der Waals surface area contributed by atoms with Crippen molar-refractivity contribution in [2.24, 2.45) is 0 Å². The largest absolute Gasteiger partial charge is 0.406 e. The number of benzene rings is 1. The van der Waals surface area contributed by atoms with Crippen LogP contribution in [0, 0.1) is 5.82 Å². The van der Waals surface area contributed by atoms with Gasteiger partial charge in [0.15, 0.2) is 11.0 Å². The van der Waals surface area contributed by atoms with Crippen LogP contribution in [0.4, 0.5) is 17.6 Å². The molecular weight excluding hydrogens is 436 g/mol. The molecule has 0 aliphatic heterocycles. The quantitative estimate of drug-likeness (QED) is 0.404. The van der Waals surface area contributed by atoms with Gasteiger partial charge in [-0.3, -0.25) is 9.55 Å². The molecule has 4 nitrogen and oxygen atoms in total. The second-order valence-corrected chi connectivity index (χ2v) is 7.13. The molecule has 0 aliphatic carbocycles. The zero-order valence-electron chi connectivity index (χ0n) is 13.0. The van der Waals surface area contributed by atoms with Gasteiger partial charge >= 0.3 is 6.18 Å². The zero-order valence-corrected chi connectivity index (χ0v) is 15.4. The fourth-order valence-corrected chi connectivity index (χ4v) is 3.55. The van der Waals surface area contributed by atoms with Crippen molar-refractivity contribution in [1.82, 2.24) is 19.7 Å². The highest BCUT2D eigenvalue weighted by Gasteiger charge is 2.31. The number of alkyl halides is 3. The summed E-state index contributed by atoms with van der Waals surface area (Å²) in [6, 6.07) is 7.54. The summed E-state index contributed by atoms with van der Waals surface area (Å²) < 4.78 is 54.5. The van der Waals surface area contributed by atoms with Crippen LogP contribution in [0.15, 0.2) is 52.4 Å². The zero-order chi connectivity index (χ0) is 18.7. The lowest BCUT2D eigenvalue weighted by Gasteiger charge is -2.12. The molecule has 136 valence electrons. The molecule has 0 N–H and O–H groups in total. The number of hydrogen-bond donors (Lipinski definition) is 0. The Labute approximate surface area is 158 Å². The van der Waals surface area contributed by atoms with Gasteiger partial charge in [-0.05, 0) is 35.9 Å². The maximum absolute atomic E-state index is 13.9. The third kappa shape index (κ3) is 4.61. The Morgan fingerprint density at radius 3 is 2.50 bits per heavy atom. The smallest absolute Gasteiger partial charge is 0.293 e. The Morgan fingerprint density at radius 2 is 1.81 bits per heavy atom. The van der Waals surface area contributed by atoms with Crippen molar-refractivity contribution in [1.29, 1.82) is 0 Å². The van der Waals surface area contributed by atoms with Gasteiger partial charge in [-0.1, -0.05) is 27.7 Å². The summed E-state index contributed by atoms with van der Waals surface area (Å²) in [4.78, 5) is 3.84. The van der Waals surface area contributed by atoms with Gasteiger partial charge in [-0.2, -0.15) is 13.2 Å². The monoisotopic (exact) mass is 446 g/mol. The second kappa shape index (κ2) is 7.75. The van der Waals surface area contributed by atoms with Gasteiger partial charge in [-0.25, -0.2) is 4.39 Å². The van der Waals surface area contributed by atoms with Crippen molar-refractivity contribution in [3.05, 3.63) is 58.6 Å². The summed E-state index contributed by atoms with van der Waals surface area (Å²) in [7, 11) is 0. The molecule has 0 bridgehead atoms. The summed E-state index contributed by atoms with van der Waals surface area (Å²) in [5, 5.41) is 7.81. The number of pyridine rings is 1. The highest BCUT2D eigenvalue weighted by atomic mass is 79.9. The van der Waals surface area contributed by atoms with Gasteiger partial charge in [0.25, 0.3) is 0 Å². The van der Waals surface area contributed by atoms with Gasteiger partial charge in [0, 0.05) is 28.2 Å². The van der Waals surface area contributed by atoms with E-state index >= 15 is 0 Å². The maximum Gasteiger partial charge on any atom is 0.406 e. The summed E-state index contributed by atoms with van der Waals surface area (Å²) in [6.07, 6.45) is -1.52. The molecule has 0 aliphatic rings. The van der Waals surface area contributed by atoms with E-state index in [0.717, 1.165) is 16.3 Å². The van der Waals surface area contributed by atoms with Crippen molar-refractivity contribution in [2.75, 3.05) is 0 Å². The van der Waals surface area contributed by atoms with Crippen molar-refractivity contribution in [2.45, 2.75) is 23.6 Å². The standard InChI is InChI=1S/C16H11BrF4N4S/c17-12-1-2-13(18)11(7-12)8-26-15-24-23-14(10-3-5-22-6-4-10)25(15)9-16(19,20)21/h1-7H,8-9H2. The number of rotatable bonds is 5. The first-order valence-electron chi connectivity index (χ1n) is 7.30. The molecule has 0 amide bonds. The van der Waals surface area contributed by atoms with E-state index in [-0.39, 0.29) is 16.7 Å². The van der Waals surface area contributed by atoms with Crippen molar-refractivity contribution >= 4 is 27.7 Å². The summed E-state index contributed by atoms with van der Waals surface area (Å²) in [5.41, 5.74) is 0.827. The number of halogens is 5. The Bertz CT molecular complexity index is 899. The van der Waals surface area contributed by atoms with E-state index < -0.39 is 18.5 Å². The number of thioether (sulfide) groups is 1. The number of hydrogen-bond acceptors (Lipinski definition) is 4. The molecular formula is C16H11BrF4N4S. The first-order chi connectivity index (χ1) is 12.3. The van der Waals surface area contributed by atoms with Crippen LogP contribution in [0.3, 0.4) is 0 Å². The molecule has 0 saturated carbocycles. The van der Waals surface area contributed by atoms with Crippen LogP contribution < -0.4 is 0 Å². The third-order valence-electron chi connectivity index (χ3n) is 3.36. The van der Waals surface area contributed by atoms with Crippen LogP contribution in [0.25, 0.3) is 11.4 Å². The summed E-state index contributed by atoms with van der Waals surface area (Å²) in [5.74, 6) is -0.226. The Balaban J connectivity index is 1.91. The van der Waals surface area contributed by atoms with Gasteiger partial charge in [0.2, 0.25) is 0 Å². The molecule has 0 spiro atoms. The minimum atomic E-state index is -4.44. The fraction of sp³-hybridized carbons (Fsp3) is 0.188. The number of aromatic nitrogens is 4. The van der Waals surface area contributed by atoms with E-state index in [4.69, 9.17) is 0 Å².